The van der Waals surface area contributed by atoms with Crippen LogP contribution in [-0.4, -0.2) is 28.0 Å². The molecule has 1 aliphatic rings. The van der Waals surface area contributed by atoms with Gasteiger partial charge in [0.25, 0.3) is 0 Å². The number of nitrogens with zero attached hydrogens (tertiary/aromatic N) is 3. The summed E-state index contributed by atoms with van der Waals surface area (Å²) < 4.78 is 42.7. The number of carbonyl (C=O) groups is 1. The molecule has 0 amide bonds. The molecule has 1 aliphatic carbocycles. The van der Waals surface area contributed by atoms with E-state index in [2.05, 4.69) is 32.4 Å². The van der Waals surface area contributed by atoms with Crippen molar-refractivity contribution in [3.63, 3.8) is 0 Å². The molecule has 0 unspecified atom stereocenters. The number of rotatable bonds is 6. The van der Waals surface area contributed by atoms with E-state index in [1.807, 2.05) is 12.1 Å². The van der Waals surface area contributed by atoms with Crippen molar-refractivity contribution < 1.29 is 22.7 Å². The maximum absolute atomic E-state index is 12.6. The van der Waals surface area contributed by atoms with Gasteiger partial charge in [-0.1, -0.05) is 24.3 Å². The number of benzene rings is 1. The van der Waals surface area contributed by atoms with Crippen LogP contribution >= 0.6 is 0 Å². The minimum absolute atomic E-state index is 0.132. The number of aromatic nitrogens is 3. The SMILES string of the molecule is COC(=O)CC1CCC(c2ccc(-c3cnc(Nc4ccc(C(F)(F)F)nc4)nc3)cc2)CC1. The van der Waals surface area contributed by atoms with Crippen molar-refractivity contribution in [3.05, 3.63) is 66.2 Å². The molecule has 6 nitrogen and oxygen atoms in total. The van der Waals surface area contributed by atoms with Crippen LogP contribution in [-0.2, 0) is 15.7 Å². The fourth-order valence-corrected chi connectivity index (χ4v) is 4.27. The number of hydrogen-bond donors (Lipinski definition) is 1. The van der Waals surface area contributed by atoms with Crippen molar-refractivity contribution in [2.75, 3.05) is 12.4 Å². The molecule has 1 fully saturated rings. The fourth-order valence-electron chi connectivity index (χ4n) is 4.27. The molecule has 1 saturated carbocycles. The summed E-state index contributed by atoms with van der Waals surface area (Å²) in [6.45, 7) is 0. The Bertz CT molecular complexity index is 1090. The molecule has 1 N–H and O–H groups in total. The number of halogens is 3. The number of carbonyl (C=O) groups excluding carboxylic acids is 1. The van der Waals surface area contributed by atoms with Crippen molar-refractivity contribution in [3.8, 4) is 11.1 Å². The van der Waals surface area contributed by atoms with E-state index in [4.69, 9.17) is 4.74 Å². The Hall–Kier alpha value is -3.49. The predicted octanol–water partition coefficient (Wildman–Crippen LogP) is 6.14. The lowest BCUT2D eigenvalue weighted by Crippen LogP contribution is -2.17. The van der Waals surface area contributed by atoms with E-state index in [0.29, 0.717) is 23.9 Å². The molecule has 2 aromatic heterocycles. The second-order valence-corrected chi connectivity index (χ2v) is 8.47. The maximum atomic E-state index is 12.6. The molecule has 0 aliphatic heterocycles. The second kappa shape index (κ2) is 10.2. The van der Waals surface area contributed by atoms with Crippen LogP contribution in [0.25, 0.3) is 11.1 Å². The Kier molecular flexibility index (Phi) is 7.09. The van der Waals surface area contributed by atoms with Gasteiger partial charge in [-0.05, 0) is 60.8 Å². The van der Waals surface area contributed by atoms with Crippen molar-refractivity contribution in [1.82, 2.24) is 15.0 Å². The number of pyridine rings is 1. The van der Waals surface area contributed by atoms with Crippen LogP contribution in [0.15, 0.2) is 55.0 Å². The first-order chi connectivity index (χ1) is 16.3. The van der Waals surface area contributed by atoms with E-state index in [-0.39, 0.29) is 11.9 Å². The molecule has 1 aromatic carbocycles. The van der Waals surface area contributed by atoms with E-state index < -0.39 is 11.9 Å². The number of nitrogens with one attached hydrogen (secondary N) is 1. The van der Waals surface area contributed by atoms with Crippen molar-refractivity contribution in [2.45, 2.75) is 44.2 Å². The third-order valence-electron chi connectivity index (χ3n) is 6.21. The third kappa shape index (κ3) is 5.89. The van der Waals surface area contributed by atoms with Gasteiger partial charge >= 0.3 is 12.1 Å². The summed E-state index contributed by atoms with van der Waals surface area (Å²) in [5.74, 6) is 1.03. The lowest BCUT2D eigenvalue weighted by atomic mass is 9.77. The topological polar surface area (TPSA) is 77.0 Å². The molecule has 178 valence electrons. The molecule has 0 atom stereocenters. The highest BCUT2D eigenvalue weighted by molar-refractivity contribution is 5.69. The Morgan fingerprint density at radius 3 is 2.18 bits per heavy atom. The predicted molar refractivity (Wildman–Crippen MR) is 121 cm³/mol. The van der Waals surface area contributed by atoms with Crippen LogP contribution in [0, 0.1) is 5.92 Å². The minimum atomic E-state index is -4.48. The average molecular weight is 470 g/mol. The quantitative estimate of drug-likeness (QED) is 0.436. The van der Waals surface area contributed by atoms with E-state index >= 15 is 0 Å². The lowest BCUT2D eigenvalue weighted by molar-refractivity contribution is -0.142. The van der Waals surface area contributed by atoms with Gasteiger partial charge in [0, 0.05) is 24.4 Å². The van der Waals surface area contributed by atoms with Gasteiger partial charge in [-0.3, -0.25) is 4.79 Å². The normalized spacial score (nSPS) is 18.4. The first-order valence-electron chi connectivity index (χ1n) is 11.1. The Balaban J connectivity index is 1.34. The Morgan fingerprint density at radius 1 is 0.941 bits per heavy atom. The van der Waals surface area contributed by atoms with Gasteiger partial charge in [0.05, 0.1) is 19.0 Å². The zero-order valence-corrected chi connectivity index (χ0v) is 18.7. The van der Waals surface area contributed by atoms with Gasteiger partial charge in [0.2, 0.25) is 5.95 Å². The molecule has 0 radical (unpaired) electrons. The van der Waals surface area contributed by atoms with Gasteiger partial charge < -0.3 is 10.1 Å². The number of anilines is 2. The molecule has 3 aromatic rings. The summed E-state index contributed by atoms with van der Waals surface area (Å²) in [5.41, 5.74) is 2.52. The van der Waals surface area contributed by atoms with Gasteiger partial charge in [-0.2, -0.15) is 13.2 Å². The van der Waals surface area contributed by atoms with Crippen molar-refractivity contribution >= 4 is 17.6 Å². The third-order valence-corrected chi connectivity index (χ3v) is 6.21. The minimum Gasteiger partial charge on any atom is -0.469 e. The maximum Gasteiger partial charge on any atom is 0.433 e. The molecule has 0 bridgehead atoms. The first kappa shape index (κ1) is 23.7. The Labute approximate surface area is 195 Å². The van der Waals surface area contributed by atoms with Gasteiger partial charge in [-0.15, -0.1) is 0 Å². The van der Waals surface area contributed by atoms with Crippen molar-refractivity contribution in [1.29, 1.82) is 0 Å². The zero-order chi connectivity index (χ0) is 24.1. The van der Waals surface area contributed by atoms with E-state index in [1.54, 1.807) is 12.4 Å². The number of methoxy groups -OCH3 is 1. The summed E-state index contributed by atoms with van der Waals surface area (Å²) in [6.07, 6.45) is 4.63. The van der Waals surface area contributed by atoms with Crippen LogP contribution in [0.1, 0.15) is 49.3 Å². The van der Waals surface area contributed by atoms with Gasteiger partial charge in [-0.25, -0.2) is 15.0 Å². The molecule has 34 heavy (non-hydrogen) atoms. The number of alkyl halides is 3. The highest BCUT2D eigenvalue weighted by Crippen LogP contribution is 2.37. The molecular formula is C25H25F3N4O2. The highest BCUT2D eigenvalue weighted by Gasteiger charge is 2.32. The number of ether oxygens (including phenoxy) is 1. The Morgan fingerprint density at radius 2 is 1.62 bits per heavy atom. The monoisotopic (exact) mass is 470 g/mol. The number of esters is 1. The standard InChI is InChI=1S/C25H25F3N4O2/c1-34-23(33)12-16-2-4-17(5-3-16)18-6-8-19(9-7-18)20-13-30-24(31-14-20)32-21-10-11-22(29-15-21)25(26,27)28/h6-11,13-17H,2-5,12H2,1H3,(H,30,31,32). The first-order valence-corrected chi connectivity index (χ1v) is 11.1. The molecule has 0 spiro atoms. The van der Waals surface area contributed by atoms with Gasteiger partial charge in [0.1, 0.15) is 5.69 Å². The van der Waals surface area contributed by atoms with Crippen LogP contribution in [0.4, 0.5) is 24.8 Å². The van der Waals surface area contributed by atoms with E-state index in [9.17, 15) is 18.0 Å². The largest absolute Gasteiger partial charge is 0.469 e. The summed E-state index contributed by atoms with van der Waals surface area (Å²) in [6, 6.07) is 10.5. The molecule has 0 saturated heterocycles. The van der Waals surface area contributed by atoms with Crippen molar-refractivity contribution in [2.24, 2.45) is 5.92 Å². The van der Waals surface area contributed by atoms with Crippen LogP contribution in [0.5, 0.6) is 0 Å². The lowest BCUT2D eigenvalue weighted by Gasteiger charge is -2.28. The van der Waals surface area contributed by atoms with E-state index in [0.717, 1.165) is 49.1 Å². The smallest absolute Gasteiger partial charge is 0.433 e. The van der Waals surface area contributed by atoms with Crippen LogP contribution in [0.3, 0.4) is 0 Å². The van der Waals surface area contributed by atoms with E-state index in [1.165, 1.54) is 18.7 Å². The molecule has 2 heterocycles. The molecule has 4 rings (SSSR count). The zero-order valence-electron chi connectivity index (χ0n) is 18.7. The van der Waals surface area contributed by atoms with Gasteiger partial charge in [0.15, 0.2) is 0 Å². The summed E-state index contributed by atoms with van der Waals surface area (Å²) in [5, 5.41) is 2.85. The molecule has 9 heteroatoms. The number of hydrogen-bond acceptors (Lipinski definition) is 6. The molecular weight excluding hydrogens is 445 g/mol. The summed E-state index contributed by atoms with van der Waals surface area (Å²) in [4.78, 5) is 23.4. The van der Waals surface area contributed by atoms with Crippen LogP contribution in [0.2, 0.25) is 0 Å². The summed E-state index contributed by atoms with van der Waals surface area (Å²) in [7, 11) is 1.43. The fraction of sp³-hybridized carbons (Fsp3) is 0.360. The average Bonchev–Trinajstić information content (AvgIpc) is 2.85. The highest BCUT2D eigenvalue weighted by atomic mass is 19.4. The summed E-state index contributed by atoms with van der Waals surface area (Å²) >= 11 is 0. The second-order valence-electron chi connectivity index (χ2n) is 8.47. The van der Waals surface area contributed by atoms with Crippen LogP contribution < -0.4 is 5.32 Å².